The predicted molar refractivity (Wildman–Crippen MR) is 75.2 cm³/mol. The van der Waals surface area contributed by atoms with E-state index >= 15 is 0 Å². The molecule has 3 rings (SSSR count). The summed E-state index contributed by atoms with van der Waals surface area (Å²) in [7, 11) is 0. The summed E-state index contributed by atoms with van der Waals surface area (Å²) in [5.74, 6) is 0.313. The summed E-state index contributed by atoms with van der Waals surface area (Å²) in [6.07, 6.45) is 0. The first-order chi connectivity index (χ1) is 9.06. The van der Waals surface area contributed by atoms with Gasteiger partial charge in [-0.2, -0.15) is 0 Å². The van der Waals surface area contributed by atoms with Crippen LogP contribution in [-0.4, -0.2) is 9.55 Å². The minimum Gasteiger partial charge on any atom is -0.399 e. The largest absolute Gasteiger partial charge is 0.399 e. The van der Waals surface area contributed by atoms with E-state index < -0.39 is 0 Å². The van der Waals surface area contributed by atoms with E-state index in [0.29, 0.717) is 22.2 Å². The number of rotatable bonds is 1. The number of nitrogen functional groups attached to an aromatic ring is 1. The number of imidazole rings is 1. The normalized spacial score (nSPS) is 11.1. The van der Waals surface area contributed by atoms with Gasteiger partial charge in [-0.15, -0.1) is 0 Å². The monoisotopic (exact) mass is 275 g/mol. The summed E-state index contributed by atoms with van der Waals surface area (Å²) >= 11 is 5.78. The second-order valence-electron chi connectivity index (χ2n) is 4.34. The average Bonchev–Trinajstić information content (AvgIpc) is 2.65. The fourth-order valence-electron chi connectivity index (χ4n) is 2.18. The summed E-state index contributed by atoms with van der Waals surface area (Å²) in [5.41, 5.74) is 8.34. The van der Waals surface area contributed by atoms with Gasteiger partial charge in [0.15, 0.2) is 0 Å². The first-order valence-corrected chi connectivity index (χ1v) is 6.14. The van der Waals surface area contributed by atoms with Crippen LogP contribution in [0.15, 0.2) is 36.4 Å². The lowest BCUT2D eigenvalue weighted by molar-refractivity contribution is 0.618. The molecule has 1 heterocycles. The molecule has 2 aromatic carbocycles. The Balaban J connectivity index is 2.33. The van der Waals surface area contributed by atoms with Crippen LogP contribution in [-0.2, 0) is 0 Å². The maximum absolute atomic E-state index is 14.0. The standard InChI is InChI=1S/C14H11ClFN3/c1-8-18-12-7-10(17)3-5-14(12)19(8)13-4-2-9(15)6-11(13)16/h2-7H,17H2,1H3. The lowest BCUT2D eigenvalue weighted by Gasteiger charge is -2.08. The van der Waals surface area contributed by atoms with Crippen LogP contribution in [0.2, 0.25) is 5.02 Å². The Morgan fingerprint density at radius 1 is 1.21 bits per heavy atom. The van der Waals surface area contributed by atoms with E-state index in [1.807, 2.05) is 13.0 Å². The zero-order valence-corrected chi connectivity index (χ0v) is 10.9. The second-order valence-corrected chi connectivity index (χ2v) is 4.77. The van der Waals surface area contributed by atoms with Gasteiger partial charge in [-0.3, -0.25) is 4.57 Å². The van der Waals surface area contributed by atoms with E-state index in [2.05, 4.69) is 4.98 Å². The molecule has 3 aromatic rings. The molecular formula is C14H11ClFN3. The zero-order valence-electron chi connectivity index (χ0n) is 10.2. The van der Waals surface area contributed by atoms with Crippen molar-refractivity contribution >= 4 is 28.3 Å². The molecule has 0 aliphatic rings. The van der Waals surface area contributed by atoms with Gasteiger partial charge in [-0.1, -0.05) is 11.6 Å². The van der Waals surface area contributed by atoms with Gasteiger partial charge in [0.1, 0.15) is 11.6 Å². The summed E-state index contributed by atoms with van der Waals surface area (Å²) in [6.45, 7) is 1.82. The molecule has 0 bridgehead atoms. The smallest absolute Gasteiger partial charge is 0.148 e. The number of fused-ring (bicyclic) bond motifs is 1. The van der Waals surface area contributed by atoms with Crippen molar-refractivity contribution in [3.8, 4) is 5.69 Å². The SMILES string of the molecule is Cc1nc2cc(N)ccc2n1-c1ccc(Cl)cc1F. The Kier molecular flexibility index (Phi) is 2.68. The molecule has 96 valence electrons. The number of halogens is 2. The van der Waals surface area contributed by atoms with Crippen LogP contribution in [0.3, 0.4) is 0 Å². The minimum atomic E-state index is -0.383. The zero-order chi connectivity index (χ0) is 13.6. The highest BCUT2D eigenvalue weighted by Crippen LogP contribution is 2.26. The summed E-state index contributed by atoms with van der Waals surface area (Å²) < 4.78 is 15.8. The Bertz CT molecular complexity index is 780. The summed E-state index contributed by atoms with van der Waals surface area (Å²) in [6, 6.07) is 9.96. The van der Waals surface area contributed by atoms with Crippen LogP contribution < -0.4 is 5.73 Å². The molecule has 0 aliphatic heterocycles. The van der Waals surface area contributed by atoms with E-state index in [9.17, 15) is 4.39 Å². The third-order valence-electron chi connectivity index (χ3n) is 3.00. The molecule has 2 N–H and O–H groups in total. The van der Waals surface area contributed by atoms with Crippen molar-refractivity contribution < 1.29 is 4.39 Å². The van der Waals surface area contributed by atoms with Gasteiger partial charge in [-0.25, -0.2) is 9.37 Å². The lowest BCUT2D eigenvalue weighted by Crippen LogP contribution is -2.00. The Morgan fingerprint density at radius 3 is 2.74 bits per heavy atom. The number of hydrogen-bond donors (Lipinski definition) is 1. The average molecular weight is 276 g/mol. The van der Waals surface area contributed by atoms with Crippen LogP contribution in [0, 0.1) is 12.7 Å². The van der Waals surface area contributed by atoms with Gasteiger partial charge < -0.3 is 5.73 Å². The summed E-state index contributed by atoms with van der Waals surface area (Å²) in [5, 5.41) is 0.368. The molecule has 0 unspecified atom stereocenters. The van der Waals surface area contributed by atoms with E-state index in [1.54, 1.807) is 28.8 Å². The van der Waals surface area contributed by atoms with Gasteiger partial charge in [-0.05, 0) is 43.3 Å². The van der Waals surface area contributed by atoms with Gasteiger partial charge in [0.2, 0.25) is 0 Å². The second kappa shape index (κ2) is 4.24. The molecule has 19 heavy (non-hydrogen) atoms. The van der Waals surface area contributed by atoms with Crippen molar-refractivity contribution in [3.05, 3.63) is 53.1 Å². The molecule has 0 saturated carbocycles. The van der Waals surface area contributed by atoms with Crippen LogP contribution >= 0.6 is 11.6 Å². The molecule has 1 aromatic heterocycles. The van der Waals surface area contributed by atoms with Gasteiger partial charge >= 0.3 is 0 Å². The maximum atomic E-state index is 14.0. The molecule has 3 nitrogen and oxygen atoms in total. The molecule has 5 heteroatoms. The van der Waals surface area contributed by atoms with Crippen LogP contribution in [0.4, 0.5) is 10.1 Å². The Morgan fingerprint density at radius 2 is 2.00 bits per heavy atom. The number of hydrogen-bond acceptors (Lipinski definition) is 2. The minimum absolute atomic E-state index is 0.368. The number of nitrogens with zero attached hydrogens (tertiary/aromatic N) is 2. The number of aromatic nitrogens is 2. The highest BCUT2D eigenvalue weighted by atomic mass is 35.5. The lowest BCUT2D eigenvalue weighted by atomic mass is 10.2. The molecule has 0 radical (unpaired) electrons. The van der Waals surface area contributed by atoms with Gasteiger partial charge in [0.05, 0.1) is 16.7 Å². The van der Waals surface area contributed by atoms with Crippen molar-refractivity contribution in [2.75, 3.05) is 5.73 Å². The fourth-order valence-corrected chi connectivity index (χ4v) is 2.34. The first-order valence-electron chi connectivity index (χ1n) is 5.76. The quantitative estimate of drug-likeness (QED) is 0.688. The van der Waals surface area contributed by atoms with Crippen molar-refractivity contribution in [1.82, 2.24) is 9.55 Å². The van der Waals surface area contributed by atoms with Crippen molar-refractivity contribution in [1.29, 1.82) is 0 Å². The van der Waals surface area contributed by atoms with Crippen molar-refractivity contribution in [2.45, 2.75) is 6.92 Å². The molecule has 0 saturated heterocycles. The van der Waals surface area contributed by atoms with Crippen molar-refractivity contribution in [2.24, 2.45) is 0 Å². The van der Waals surface area contributed by atoms with Crippen LogP contribution in [0.5, 0.6) is 0 Å². The highest BCUT2D eigenvalue weighted by molar-refractivity contribution is 6.30. The first kappa shape index (κ1) is 12.0. The Hall–Kier alpha value is -2.07. The molecular weight excluding hydrogens is 265 g/mol. The third-order valence-corrected chi connectivity index (χ3v) is 3.23. The fraction of sp³-hybridized carbons (Fsp3) is 0.0714. The topological polar surface area (TPSA) is 43.8 Å². The molecule has 0 aliphatic carbocycles. The summed E-state index contributed by atoms with van der Waals surface area (Å²) in [4.78, 5) is 4.40. The van der Waals surface area contributed by atoms with E-state index in [1.165, 1.54) is 6.07 Å². The molecule has 0 atom stereocenters. The van der Waals surface area contributed by atoms with Crippen LogP contribution in [0.25, 0.3) is 16.7 Å². The van der Waals surface area contributed by atoms with Crippen LogP contribution in [0.1, 0.15) is 5.82 Å². The van der Waals surface area contributed by atoms with Crippen molar-refractivity contribution in [3.63, 3.8) is 0 Å². The number of benzene rings is 2. The maximum Gasteiger partial charge on any atom is 0.148 e. The third kappa shape index (κ3) is 1.94. The van der Waals surface area contributed by atoms with E-state index in [-0.39, 0.29) is 5.82 Å². The number of anilines is 1. The number of nitrogens with two attached hydrogens (primary N) is 1. The predicted octanol–water partition coefficient (Wildman–Crippen LogP) is 3.71. The number of aryl methyl sites for hydroxylation is 1. The highest BCUT2D eigenvalue weighted by Gasteiger charge is 2.13. The van der Waals surface area contributed by atoms with Gasteiger partial charge in [0.25, 0.3) is 0 Å². The van der Waals surface area contributed by atoms with E-state index in [0.717, 1.165) is 11.0 Å². The molecule has 0 spiro atoms. The van der Waals surface area contributed by atoms with E-state index in [4.69, 9.17) is 17.3 Å². The van der Waals surface area contributed by atoms with Gasteiger partial charge in [0, 0.05) is 10.7 Å². The molecule has 0 fully saturated rings. The Labute approximate surface area is 114 Å². The molecule has 0 amide bonds.